The Kier molecular flexibility index (Phi) is 3.82. The molecule has 0 amide bonds. The maximum Gasteiger partial charge on any atom is 0.101 e. The minimum atomic E-state index is -0.168. The molecular formula is C14H15N3O. The summed E-state index contributed by atoms with van der Waals surface area (Å²) in [4.78, 5) is 0. The molecule has 0 unspecified atom stereocenters. The van der Waals surface area contributed by atoms with Crippen LogP contribution in [0.1, 0.15) is 36.8 Å². The van der Waals surface area contributed by atoms with Crippen LogP contribution in [-0.4, -0.2) is 17.3 Å². The molecule has 1 saturated carbocycles. The molecular weight excluding hydrogens is 226 g/mol. The van der Waals surface area contributed by atoms with Gasteiger partial charge in [0.05, 0.1) is 17.2 Å². The molecule has 92 valence electrons. The number of nitrogens with one attached hydrogen (secondary N) is 1. The van der Waals surface area contributed by atoms with Crippen molar-refractivity contribution in [1.82, 2.24) is 0 Å². The van der Waals surface area contributed by atoms with Crippen molar-refractivity contribution in [3.63, 3.8) is 0 Å². The second-order valence-electron chi connectivity index (χ2n) is 4.63. The minimum Gasteiger partial charge on any atom is -0.393 e. The standard InChI is InChI=1S/C14H15N3O/c15-8-10-1-2-13(7-11(10)9-16)17-12-3-5-14(18)6-4-12/h1-2,7,12,14,17-18H,3-6H2. The summed E-state index contributed by atoms with van der Waals surface area (Å²) in [5.74, 6) is 0. The number of rotatable bonds is 2. The van der Waals surface area contributed by atoms with Crippen molar-refractivity contribution in [3.05, 3.63) is 29.3 Å². The van der Waals surface area contributed by atoms with Crippen LogP contribution < -0.4 is 5.32 Å². The van der Waals surface area contributed by atoms with Crippen molar-refractivity contribution in [2.75, 3.05) is 5.32 Å². The third-order valence-electron chi connectivity index (χ3n) is 3.33. The highest BCUT2D eigenvalue weighted by atomic mass is 16.3. The third-order valence-corrected chi connectivity index (χ3v) is 3.33. The van der Waals surface area contributed by atoms with Gasteiger partial charge >= 0.3 is 0 Å². The van der Waals surface area contributed by atoms with E-state index in [1.165, 1.54) is 0 Å². The van der Waals surface area contributed by atoms with Gasteiger partial charge in [-0.05, 0) is 43.9 Å². The summed E-state index contributed by atoms with van der Waals surface area (Å²) in [7, 11) is 0. The fraction of sp³-hybridized carbons (Fsp3) is 0.429. The Hall–Kier alpha value is -2.04. The van der Waals surface area contributed by atoms with Crippen molar-refractivity contribution in [1.29, 1.82) is 10.5 Å². The van der Waals surface area contributed by atoms with Gasteiger partial charge in [0.1, 0.15) is 12.1 Å². The van der Waals surface area contributed by atoms with E-state index in [1.54, 1.807) is 12.1 Å². The topological polar surface area (TPSA) is 79.8 Å². The number of nitrogens with zero attached hydrogens (tertiary/aromatic N) is 2. The van der Waals surface area contributed by atoms with Crippen LogP contribution >= 0.6 is 0 Å². The third kappa shape index (κ3) is 2.80. The normalized spacial score (nSPS) is 22.8. The SMILES string of the molecule is N#Cc1ccc(NC2CCC(O)CC2)cc1C#N. The van der Waals surface area contributed by atoms with Crippen LogP contribution in [0.25, 0.3) is 0 Å². The fourth-order valence-corrected chi connectivity index (χ4v) is 2.28. The smallest absolute Gasteiger partial charge is 0.101 e. The van der Waals surface area contributed by atoms with Crippen molar-refractivity contribution in [2.45, 2.75) is 37.8 Å². The van der Waals surface area contributed by atoms with Gasteiger partial charge < -0.3 is 10.4 Å². The van der Waals surface area contributed by atoms with E-state index in [0.29, 0.717) is 17.2 Å². The number of benzene rings is 1. The molecule has 0 heterocycles. The van der Waals surface area contributed by atoms with Crippen LogP contribution in [0.3, 0.4) is 0 Å². The molecule has 0 radical (unpaired) electrons. The number of aliphatic hydroxyl groups excluding tert-OH is 1. The predicted octanol–water partition coefficient (Wildman–Crippen LogP) is 2.15. The van der Waals surface area contributed by atoms with Crippen molar-refractivity contribution < 1.29 is 5.11 Å². The molecule has 4 nitrogen and oxygen atoms in total. The molecule has 2 N–H and O–H groups in total. The van der Waals surface area contributed by atoms with Crippen LogP contribution in [-0.2, 0) is 0 Å². The van der Waals surface area contributed by atoms with E-state index in [2.05, 4.69) is 5.32 Å². The zero-order valence-corrected chi connectivity index (χ0v) is 10.1. The van der Waals surface area contributed by atoms with Crippen LogP contribution in [0.5, 0.6) is 0 Å². The quantitative estimate of drug-likeness (QED) is 0.831. The van der Waals surface area contributed by atoms with Gasteiger partial charge in [-0.3, -0.25) is 0 Å². The molecule has 0 atom stereocenters. The zero-order chi connectivity index (χ0) is 13.0. The highest BCUT2D eigenvalue weighted by Gasteiger charge is 2.19. The van der Waals surface area contributed by atoms with Gasteiger partial charge in [0, 0.05) is 11.7 Å². The molecule has 0 saturated heterocycles. The molecule has 0 aliphatic heterocycles. The summed E-state index contributed by atoms with van der Waals surface area (Å²) in [5.41, 5.74) is 1.67. The monoisotopic (exact) mass is 241 g/mol. The van der Waals surface area contributed by atoms with Gasteiger partial charge in [0.15, 0.2) is 0 Å². The highest BCUT2D eigenvalue weighted by Crippen LogP contribution is 2.23. The first-order valence-corrected chi connectivity index (χ1v) is 6.12. The second-order valence-corrected chi connectivity index (χ2v) is 4.63. The lowest BCUT2D eigenvalue weighted by Crippen LogP contribution is -2.28. The van der Waals surface area contributed by atoms with Gasteiger partial charge in [-0.1, -0.05) is 0 Å². The van der Waals surface area contributed by atoms with Crippen molar-refractivity contribution in [3.8, 4) is 12.1 Å². The number of aliphatic hydroxyl groups is 1. The summed E-state index contributed by atoms with van der Waals surface area (Å²) < 4.78 is 0. The molecule has 0 aromatic heterocycles. The Morgan fingerprint density at radius 1 is 1.06 bits per heavy atom. The lowest BCUT2D eigenvalue weighted by atomic mass is 9.93. The average Bonchev–Trinajstić information content (AvgIpc) is 2.41. The largest absolute Gasteiger partial charge is 0.393 e. The summed E-state index contributed by atoms with van der Waals surface area (Å²) in [5, 5.41) is 30.6. The van der Waals surface area contributed by atoms with E-state index in [0.717, 1.165) is 31.4 Å². The molecule has 18 heavy (non-hydrogen) atoms. The maximum atomic E-state index is 9.44. The van der Waals surface area contributed by atoms with Gasteiger partial charge in [-0.25, -0.2) is 0 Å². The lowest BCUT2D eigenvalue weighted by Gasteiger charge is -2.27. The lowest BCUT2D eigenvalue weighted by molar-refractivity contribution is 0.126. The van der Waals surface area contributed by atoms with Crippen molar-refractivity contribution in [2.24, 2.45) is 0 Å². The zero-order valence-electron chi connectivity index (χ0n) is 10.1. The number of hydrogen-bond acceptors (Lipinski definition) is 4. The second kappa shape index (κ2) is 5.53. The molecule has 1 aromatic carbocycles. The Labute approximate surface area is 106 Å². The van der Waals surface area contributed by atoms with E-state index in [1.807, 2.05) is 18.2 Å². The Balaban J connectivity index is 2.07. The van der Waals surface area contributed by atoms with Gasteiger partial charge in [-0.15, -0.1) is 0 Å². The summed E-state index contributed by atoms with van der Waals surface area (Å²) in [6.45, 7) is 0. The van der Waals surface area contributed by atoms with Gasteiger partial charge in [0.2, 0.25) is 0 Å². The van der Waals surface area contributed by atoms with E-state index < -0.39 is 0 Å². The minimum absolute atomic E-state index is 0.168. The van der Waals surface area contributed by atoms with Gasteiger partial charge in [-0.2, -0.15) is 10.5 Å². The maximum absolute atomic E-state index is 9.44. The van der Waals surface area contributed by atoms with E-state index in [4.69, 9.17) is 10.5 Å². The number of hydrogen-bond donors (Lipinski definition) is 2. The summed E-state index contributed by atoms with van der Waals surface area (Å²) in [6.07, 6.45) is 3.34. The number of nitriles is 2. The van der Waals surface area contributed by atoms with Crippen molar-refractivity contribution >= 4 is 5.69 Å². The Bertz CT molecular complexity index is 505. The van der Waals surface area contributed by atoms with Crippen LogP contribution in [0.2, 0.25) is 0 Å². The van der Waals surface area contributed by atoms with Crippen LogP contribution in [0.15, 0.2) is 18.2 Å². The molecule has 1 aromatic rings. The molecule has 2 rings (SSSR count). The molecule has 1 fully saturated rings. The van der Waals surface area contributed by atoms with E-state index in [-0.39, 0.29) is 6.10 Å². The summed E-state index contributed by atoms with van der Waals surface area (Å²) in [6, 6.07) is 9.57. The molecule has 1 aliphatic rings. The van der Waals surface area contributed by atoms with E-state index >= 15 is 0 Å². The fourth-order valence-electron chi connectivity index (χ4n) is 2.28. The van der Waals surface area contributed by atoms with Crippen LogP contribution in [0.4, 0.5) is 5.69 Å². The summed E-state index contributed by atoms with van der Waals surface area (Å²) >= 11 is 0. The molecule has 0 spiro atoms. The first kappa shape index (κ1) is 12.4. The molecule has 0 bridgehead atoms. The molecule has 4 heteroatoms. The number of anilines is 1. The first-order chi connectivity index (χ1) is 8.72. The van der Waals surface area contributed by atoms with Crippen LogP contribution in [0, 0.1) is 22.7 Å². The predicted molar refractivity (Wildman–Crippen MR) is 67.8 cm³/mol. The molecule has 1 aliphatic carbocycles. The van der Waals surface area contributed by atoms with Gasteiger partial charge in [0.25, 0.3) is 0 Å². The first-order valence-electron chi connectivity index (χ1n) is 6.12. The average molecular weight is 241 g/mol. The van der Waals surface area contributed by atoms with E-state index in [9.17, 15) is 5.11 Å². The Morgan fingerprint density at radius 2 is 1.72 bits per heavy atom. The highest BCUT2D eigenvalue weighted by molar-refractivity contribution is 5.56. The Morgan fingerprint density at radius 3 is 2.33 bits per heavy atom.